The summed E-state index contributed by atoms with van der Waals surface area (Å²) in [6, 6.07) is 10.1. The van der Waals surface area contributed by atoms with E-state index in [0.717, 1.165) is 20.9 Å². The van der Waals surface area contributed by atoms with Crippen LogP contribution in [-0.2, 0) is 6.42 Å². The molecule has 2 rings (SSSR count). The molecule has 1 aromatic heterocycles. The normalized spacial score (nSPS) is 12.4. The summed E-state index contributed by atoms with van der Waals surface area (Å²) < 4.78 is 2.08. The van der Waals surface area contributed by atoms with Gasteiger partial charge >= 0.3 is 0 Å². The topological polar surface area (TPSA) is 50.9 Å². The van der Waals surface area contributed by atoms with Crippen molar-refractivity contribution in [1.82, 2.24) is 10.4 Å². The molecule has 0 saturated carbocycles. The molecule has 1 atom stereocenters. The highest BCUT2D eigenvalue weighted by Crippen LogP contribution is 2.28. The van der Waals surface area contributed by atoms with Crippen molar-refractivity contribution in [2.45, 2.75) is 12.5 Å². The molecule has 0 aliphatic heterocycles. The van der Waals surface area contributed by atoms with E-state index in [1.807, 2.05) is 24.3 Å². The fourth-order valence-electron chi connectivity index (χ4n) is 1.80. The molecule has 0 bridgehead atoms. The van der Waals surface area contributed by atoms with Gasteiger partial charge in [-0.15, -0.1) is 0 Å². The summed E-state index contributed by atoms with van der Waals surface area (Å²) in [5.74, 6) is 5.66. The molecular formula is C13H13Br2N3. The van der Waals surface area contributed by atoms with Crippen molar-refractivity contribution in [2.24, 2.45) is 5.84 Å². The zero-order chi connectivity index (χ0) is 13.0. The lowest BCUT2D eigenvalue weighted by Crippen LogP contribution is -2.29. The lowest BCUT2D eigenvalue weighted by Gasteiger charge is -2.18. The smallest absolute Gasteiger partial charge is 0.0511 e. The summed E-state index contributed by atoms with van der Waals surface area (Å²) in [7, 11) is 0. The van der Waals surface area contributed by atoms with Gasteiger partial charge in [-0.25, -0.2) is 0 Å². The number of nitrogens with zero attached hydrogens (tertiary/aromatic N) is 1. The van der Waals surface area contributed by atoms with Gasteiger partial charge in [0.25, 0.3) is 0 Å². The van der Waals surface area contributed by atoms with Crippen LogP contribution >= 0.6 is 31.9 Å². The molecule has 1 heterocycles. The third-order valence-corrected chi connectivity index (χ3v) is 3.91. The summed E-state index contributed by atoms with van der Waals surface area (Å²) >= 11 is 7.01. The number of benzene rings is 1. The Balaban J connectivity index is 2.23. The lowest BCUT2D eigenvalue weighted by molar-refractivity contribution is 0.549. The van der Waals surface area contributed by atoms with Crippen LogP contribution in [0.5, 0.6) is 0 Å². The molecule has 0 radical (unpaired) electrons. The number of pyridine rings is 1. The predicted octanol–water partition coefficient (Wildman–Crippen LogP) is 3.35. The number of aromatic nitrogens is 1. The molecule has 0 amide bonds. The van der Waals surface area contributed by atoms with Crippen LogP contribution in [0.2, 0.25) is 0 Å². The standard InChI is InChI=1S/C13H13Br2N3/c14-10-1-2-11(12(15)8-10)13(18-16)7-9-3-5-17-6-4-9/h1-6,8,13,18H,7,16H2. The maximum atomic E-state index is 5.66. The van der Waals surface area contributed by atoms with Crippen LogP contribution in [0.4, 0.5) is 0 Å². The maximum absolute atomic E-state index is 5.66. The molecule has 1 aromatic carbocycles. The summed E-state index contributed by atoms with van der Waals surface area (Å²) in [4.78, 5) is 4.01. The van der Waals surface area contributed by atoms with Crippen LogP contribution in [0.1, 0.15) is 17.2 Å². The van der Waals surface area contributed by atoms with Gasteiger partial charge < -0.3 is 0 Å². The van der Waals surface area contributed by atoms with Crippen LogP contribution < -0.4 is 11.3 Å². The quantitative estimate of drug-likeness (QED) is 0.640. The molecule has 0 saturated heterocycles. The molecule has 3 N–H and O–H groups in total. The van der Waals surface area contributed by atoms with Gasteiger partial charge in [-0.1, -0.05) is 37.9 Å². The van der Waals surface area contributed by atoms with E-state index in [9.17, 15) is 0 Å². The minimum absolute atomic E-state index is 0.0647. The van der Waals surface area contributed by atoms with Crippen LogP contribution in [0.25, 0.3) is 0 Å². The molecule has 0 spiro atoms. The van der Waals surface area contributed by atoms with Crippen molar-refractivity contribution in [3.63, 3.8) is 0 Å². The number of halogens is 2. The highest BCUT2D eigenvalue weighted by atomic mass is 79.9. The van der Waals surface area contributed by atoms with E-state index in [-0.39, 0.29) is 6.04 Å². The van der Waals surface area contributed by atoms with E-state index in [1.165, 1.54) is 5.56 Å². The van der Waals surface area contributed by atoms with E-state index in [4.69, 9.17) is 5.84 Å². The van der Waals surface area contributed by atoms with Crippen molar-refractivity contribution in [2.75, 3.05) is 0 Å². The Bertz CT molecular complexity index is 517. The Hall–Kier alpha value is -0.750. The zero-order valence-corrected chi connectivity index (χ0v) is 12.8. The van der Waals surface area contributed by atoms with Gasteiger partial charge in [0.1, 0.15) is 0 Å². The van der Waals surface area contributed by atoms with Gasteiger partial charge in [-0.3, -0.25) is 16.3 Å². The Kier molecular flexibility index (Phi) is 4.88. The van der Waals surface area contributed by atoms with Crippen LogP contribution in [0.15, 0.2) is 51.7 Å². The Morgan fingerprint density at radius 3 is 2.50 bits per heavy atom. The molecule has 2 aromatic rings. The fourth-order valence-corrected chi connectivity index (χ4v) is 3.12. The van der Waals surface area contributed by atoms with Crippen molar-refractivity contribution >= 4 is 31.9 Å². The van der Waals surface area contributed by atoms with E-state index >= 15 is 0 Å². The largest absolute Gasteiger partial charge is 0.271 e. The number of rotatable bonds is 4. The summed E-state index contributed by atoms with van der Waals surface area (Å²) in [6.07, 6.45) is 4.40. The first-order chi connectivity index (χ1) is 8.70. The Morgan fingerprint density at radius 2 is 1.89 bits per heavy atom. The number of nitrogens with one attached hydrogen (secondary N) is 1. The number of nitrogens with two attached hydrogens (primary N) is 1. The van der Waals surface area contributed by atoms with E-state index in [1.54, 1.807) is 12.4 Å². The zero-order valence-electron chi connectivity index (χ0n) is 9.61. The monoisotopic (exact) mass is 369 g/mol. The van der Waals surface area contributed by atoms with Gasteiger partial charge in [0.2, 0.25) is 0 Å². The van der Waals surface area contributed by atoms with E-state index in [2.05, 4.69) is 48.3 Å². The average molecular weight is 371 g/mol. The van der Waals surface area contributed by atoms with Crippen LogP contribution in [-0.4, -0.2) is 4.98 Å². The molecule has 0 fully saturated rings. The first-order valence-electron chi connectivity index (χ1n) is 5.50. The molecule has 0 aliphatic carbocycles. The predicted molar refractivity (Wildman–Crippen MR) is 79.8 cm³/mol. The third-order valence-electron chi connectivity index (χ3n) is 2.73. The minimum Gasteiger partial charge on any atom is -0.271 e. The summed E-state index contributed by atoms with van der Waals surface area (Å²) in [5, 5.41) is 0. The SMILES string of the molecule is NNC(Cc1ccncc1)c1ccc(Br)cc1Br. The summed E-state index contributed by atoms with van der Waals surface area (Å²) in [6.45, 7) is 0. The second-order valence-electron chi connectivity index (χ2n) is 3.94. The average Bonchev–Trinajstić information content (AvgIpc) is 2.38. The number of hydrogen-bond acceptors (Lipinski definition) is 3. The molecule has 18 heavy (non-hydrogen) atoms. The van der Waals surface area contributed by atoms with Crippen molar-refractivity contribution in [3.05, 3.63) is 62.8 Å². The molecule has 1 unspecified atom stereocenters. The van der Waals surface area contributed by atoms with Gasteiger partial charge in [0, 0.05) is 21.3 Å². The fraction of sp³-hybridized carbons (Fsp3) is 0.154. The van der Waals surface area contributed by atoms with E-state index < -0.39 is 0 Å². The van der Waals surface area contributed by atoms with Crippen LogP contribution in [0.3, 0.4) is 0 Å². The second-order valence-corrected chi connectivity index (χ2v) is 5.71. The van der Waals surface area contributed by atoms with Gasteiger partial charge in [-0.2, -0.15) is 0 Å². The Morgan fingerprint density at radius 1 is 1.17 bits per heavy atom. The van der Waals surface area contributed by atoms with Crippen LogP contribution in [0, 0.1) is 0 Å². The first-order valence-corrected chi connectivity index (χ1v) is 7.09. The highest BCUT2D eigenvalue weighted by Gasteiger charge is 2.13. The number of hydrogen-bond donors (Lipinski definition) is 2. The molecule has 0 aliphatic rings. The van der Waals surface area contributed by atoms with Gasteiger partial charge in [0.05, 0.1) is 6.04 Å². The third kappa shape index (κ3) is 3.38. The highest BCUT2D eigenvalue weighted by molar-refractivity contribution is 9.11. The molecule has 5 heteroatoms. The first kappa shape index (κ1) is 13.7. The minimum atomic E-state index is 0.0647. The van der Waals surface area contributed by atoms with Crippen molar-refractivity contribution in [3.8, 4) is 0 Å². The lowest BCUT2D eigenvalue weighted by atomic mass is 10.0. The molecule has 3 nitrogen and oxygen atoms in total. The Labute approximate surface area is 123 Å². The molecule has 94 valence electrons. The van der Waals surface area contributed by atoms with Gasteiger partial charge in [0.15, 0.2) is 0 Å². The van der Waals surface area contributed by atoms with Gasteiger partial charge in [-0.05, 0) is 41.8 Å². The maximum Gasteiger partial charge on any atom is 0.0511 e. The van der Waals surface area contributed by atoms with Crippen molar-refractivity contribution < 1.29 is 0 Å². The second kappa shape index (κ2) is 6.43. The molecular weight excluding hydrogens is 358 g/mol. The summed E-state index contributed by atoms with van der Waals surface area (Å²) in [5.41, 5.74) is 5.20. The number of hydrazine groups is 1. The van der Waals surface area contributed by atoms with E-state index in [0.29, 0.717) is 0 Å². The van der Waals surface area contributed by atoms with Crippen molar-refractivity contribution in [1.29, 1.82) is 0 Å².